The predicted octanol–water partition coefficient (Wildman–Crippen LogP) is 3.52. The van der Waals surface area contributed by atoms with Crippen LogP contribution >= 0.6 is 11.8 Å². The second-order valence-electron chi connectivity index (χ2n) is 4.20. The van der Waals surface area contributed by atoms with Crippen molar-refractivity contribution in [3.8, 4) is 0 Å². The second kappa shape index (κ2) is 6.29. The Kier molecular flexibility index (Phi) is 4.47. The van der Waals surface area contributed by atoms with Gasteiger partial charge in [0, 0.05) is 17.6 Å². The van der Waals surface area contributed by atoms with Crippen molar-refractivity contribution in [2.24, 2.45) is 0 Å². The number of rotatable bonds is 4. The minimum atomic E-state index is -0.114. The fraction of sp³-hybridized carbons (Fsp3) is 0.133. The Morgan fingerprint density at radius 2 is 1.95 bits per heavy atom. The minimum absolute atomic E-state index is 0.114. The SMILES string of the molecule is CC(=O)Nc1ccc(SCc2ccccc2)cc1N. The summed E-state index contributed by atoms with van der Waals surface area (Å²) in [6, 6.07) is 16.0. The Bertz CT molecular complexity index is 570. The molecule has 0 saturated heterocycles. The first-order chi connectivity index (χ1) is 9.15. The summed E-state index contributed by atoms with van der Waals surface area (Å²) in [5.74, 6) is 0.788. The Morgan fingerprint density at radius 1 is 1.21 bits per heavy atom. The van der Waals surface area contributed by atoms with E-state index in [0.29, 0.717) is 11.4 Å². The van der Waals surface area contributed by atoms with Gasteiger partial charge in [-0.3, -0.25) is 4.79 Å². The lowest BCUT2D eigenvalue weighted by Crippen LogP contribution is -2.07. The molecule has 0 fully saturated rings. The molecule has 98 valence electrons. The summed E-state index contributed by atoms with van der Waals surface area (Å²) in [5.41, 5.74) is 8.44. The maximum absolute atomic E-state index is 11.0. The Hall–Kier alpha value is -1.94. The largest absolute Gasteiger partial charge is 0.397 e. The van der Waals surface area contributed by atoms with Crippen molar-refractivity contribution in [3.05, 3.63) is 54.1 Å². The van der Waals surface area contributed by atoms with Crippen molar-refractivity contribution in [2.75, 3.05) is 11.1 Å². The molecule has 0 bridgehead atoms. The monoisotopic (exact) mass is 272 g/mol. The van der Waals surface area contributed by atoms with E-state index in [-0.39, 0.29) is 5.91 Å². The number of nitrogens with two attached hydrogens (primary N) is 1. The average Bonchev–Trinajstić information content (AvgIpc) is 2.40. The Labute approximate surface area is 117 Å². The summed E-state index contributed by atoms with van der Waals surface area (Å²) in [6.45, 7) is 1.47. The molecule has 0 unspecified atom stereocenters. The third-order valence-corrected chi connectivity index (χ3v) is 3.65. The summed E-state index contributed by atoms with van der Waals surface area (Å²) in [6.07, 6.45) is 0. The normalized spacial score (nSPS) is 10.2. The van der Waals surface area contributed by atoms with Gasteiger partial charge in [0.15, 0.2) is 0 Å². The first-order valence-electron chi connectivity index (χ1n) is 5.99. The van der Waals surface area contributed by atoms with Crippen LogP contribution in [0.5, 0.6) is 0 Å². The van der Waals surface area contributed by atoms with Crippen LogP contribution in [0.25, 0.3) is 0 Å². The predicted molar refractivity (Wildman–Crippen MR) is 81.2 cm³/mol. The molecule has 3 nitrogen and oxygen atoms in total. The molecule has 2 aromatic carbocycles. The maximum Gasteiger partial charge on any atom is 0.221 e. The first kappa shape index (κ1) is 13.5. The Morgan fingerprint density at radius 3 is 2.58 bits per heavy atom. The van der Waals surface area contributed by atoms with Crippen molar-refractivity contribution >= 4 is 29.0 Å². The van der Waals surface area contributed by atoms with Crippen molar-refractivity contribution in [3.63, 3.8) is 0 Å². The third kappa shape index (κ3) is 4.03. The van der Waals surface area contributed by atoms with Crippen LogP contribution < -0.4 is 11.1 Å². The maximum atomic E-state index is 11.0. The van der Waals surface area contributed by atoms with Gasteiger partial charge in [0.05, 0.1) is 11.4 Å². The lowest BCUT2D eigenvalue weighted by Gasteiger charge is -2.08. The molecule has 0 atom stereocenters. The van der Waals surface area contributed by atoms with E-state index in [9.17, 15) is 4.79 Å². The van der Waals surface area contributed by atoms with Crippen LogP contribution in [0.2, 0.25) is 0 Å². The third-order valence-electron chi connectivity index (χ3n) is 2.58. The van der Waals surface area contributed by atoms with E-state index < -0.39 is 0 Å². The molecular formula is C15H16N2OS. The molecule has 19 heavy (non-hydrogen) atoms. The van der Waals surface area contributed by atoms with Gasteiger partial charge in [0.1, 0.15) is 0 Å². The number of thioether (sulfide) groups is 1. The van der Waals surface area contributed by atoms with Crippen LogP contribution in [0.4, 0.5) is 11.4 Å². The van der Waals surface area contributed by atoms with Crippen LogP contribution in [0.15, 0.2) is 53.4 Å². The number of carbonyl (C=O) groups is 1. The first-order valence-corrected chi connectivity index (χ1v) is 6.97. The molecule has 0 heterocycles. The number of amides is 1. The quantitative estimate of drug-likeness (QED) is 0.661. The standard InChI is InChI=1S/C15H16N2OS/c1-11(18)17-15-8-7-13(9-14(15)16)19-10-12-5-3-2-4-6-12/h2-9H,10,16H2,1H3,(H,17,18). The highest BCUT2D eigenvalue weighted by Crippen LogP contribution is 2.28. The molecular weight excluding hydrogens is 256 g/mol. The van der Waals surface area contributed by atoms with E-state index >= 15 is 0 Å². The molecule has 0 aromatic heterocycles. The highest BCUT2D eigenvalue weighted by atomic mass is 32.2. The molecule has 2 aromatic rings. The van der Waals surface area contributed by atoms with Crippen molar-refractivity contribution in [2.45, 2.75) is 17.6 Å². The van der Waals surface area contributed by atoms with Gasteiger partial charge in [-0.1, -0.05) is 30.3 Å². The lowest BCUT2D eigenvalue weighted by atomic mass is 10.2. The molecule has 1 amide bonds. The lowest BCUT2D eigenvalue weighted by molar-refractivity contribution is -0.114. The summed E-state index contributed by atoms with van der Waals surface area (Å²) in [4.78, 5) is 12.1. The molecule has 0 aliphatic rings. The molecule has 0 aliphatic carbocycles. The smallest absolute Gasteiger partial charge is 0.221 e. The van der Waals surface area contributed by atoms with Crippen LogP contribution in [-0.4, -0.2) is 5.91 Å². The number of hydrogen-bond acceptors (Lipinski definition) is 3. The Balaban J connectivity index is 2.02. The highest BCUT2D eigenvalue weighted by Gasteiger charge is 2.03. The topological polar surface area (TPSA) is 55.1 Å². The van der Waals surface area contributed by atoms with Crippen LogP contribution in [0.3, 0.4) is 0 Å². The summed E-state index contributed by atoms with van der Waals surface area (Å²) < 4.78 is 0. The average molecular weight is 272 g/mol. The van der Waals surface area contributed by atoms with Crippen molar-refractivity contribution in [1.82, 2.24) is 0 Å². The van der Waals surface area contributed by atoms with Gasteiger partial charge in [-0.05, 0) is 23.8 Å². The van der Waals surface area contributed by atoms with E-state index in [0.717, 1.165) is 10.6 Å². The fourth-order valence-electron chi connectivity index (χ4n) is 1.67. The highest BCUT2D eigenvalue weighted by molar-refractivity contribution is 7.98. The summed E-state index contributed by atoms with van der Waals surface area (Å²) in [7, 11) is 0. The van der Waals surface area contributed by atoms with Gasteiger partial charge in [-0.25, -0.2) is 0 Å². The van der Waals surface area contributed by atoms with Crippen molar-refractivity contribution < 1.29 is 4.79 Å². The summed E-state index contributed by atoms with van der Waals surface area (Å²) in [5, 5.41) is 2.70. The number of hydrogen-bond donors (Lipinski definition) is 2. The second-order valence-corrected chi connectivity index (χ2v) is 5.25. The fourth-order valence-corrected chi connectivity index (χ4v) is 2.58. The zero-order valence-corrected chi connectivity index (χ0v) is 11.5. The molecule has 4 heteroatoms. The minimum Gasteiger partial charge on any atom is -0.397 e. The van der Waals surface area contributed by atoms with Gasteiger partial charge in [0.2, 0.25) is 5.91 Å². The molecule has 0 aliphatic heterocycles. The van der Waals surface area contributed by atoms with E-state index in [1.165, 1.54) is 12.5 Å². The number of carbonyl (C=O) groups excluding carboxylic acids is 1. The van der Waals surface area contributed by atoms with E-state index in [1.807, 2.05) is 36.4 Å². The summed E-state index contributed by atoms with van der Waals surface area (Å²) >= 11 is 1.72. The van der Waals surface area contributed by atoms with E-state index in [1.54, 1.807) is 11.8 Å². The zero-order chi connectivity index (χ0) is 13.7. The molecule has 0 spiro atoms. The van der Waals surface area contributed by atoms with Gasteiger partial charge < -0.3 is 11.1 Å². The van der Waals surface area contributed by atoms with Gasteiger partial charge in [-0.2, -0.15) is 0 Å². The molecule has 3 N–H and O–H groups in total. The number of benzene rings is 2. The van der Waals surface area contributed by atoms with Crippen LogP contribution in [0.1, 0.15) is 12.5 Å². The molecule has 2 rings (SSSR count). The van der Waals surface area contributed by atoms with Gasteiger partial charge >= 0.3 is 0 Å². The zero-order valence-electron chi connectivity index (χ0n) is 10.7. The number of nitrogens with one attached hydrogen (secondary N) is 1. The number of anilines is 2. The molecule has 0 radical (unpaired) electrons. The van der Waals surface area contributed by atoms with Gasteiger partial charge in [-0.15, -0.1) is 11.8 Å². The van der Waals surface area contributed by atoms with Crippen molar-refractivity contribution in [1.29, 1.82) is 0 Å². The molecule has 0 saturated carbocycles. The number of nitrogen functional groups attached to an aromatic ring is 1. The van der Waals surface area contributed by atoms with E-state index in [4.69, 9.17) is 5.73 Å². The van der Waals surface area contributed by atoms with Gasteiger partial charge in [0.25, 0.3) is 0 Å². The van der Waals surface area contributed by atoms with Crippen LogP contribution in [0, 0.1) is 0 Å². The van der Waals surface area contributed by atoms with Crippen LogP contribution in [-0.2, 0) is 10.5 Å². The van der Waals surface area contributed by atoms with E-state index in [2.05, 4.69) is 17.4 Å².